The lowest BCUT2D eigenvalue weighted by Crippen LogP contribution is -2.50. The predicted octanol–water partition coefficient (Wildman–Crippen LogP) is 1.72. The maximum Gasteiger partial charge on any atom is 0.271 e. The van der Waals surface area contributed by atoms with Gasteiger partial charge < -0.3 is 15.5 Å². The van der Waals surface area contributed by atoms with Crippen LogP contribution in [0.1, 0.15) is 28.9 Å². The molecule has 0 aliphatic carbocycles. The molecule has 1 aromatic heterocycles. The molecular weight excluding hydrogens is 446 g/mol. The maximum atomic E-state index is 12.7. The van der Waals surface area contributed by atoms with E-state index >= 15 is 0 Å². The summed E-state index contributed by atoms with van der Waals surface area (Å²) in [6.45, 7) is 0. The lowest BCUT2D eigenvalue weighted by atomic mass is 9.95. The minimum absolute atomic E-state index is 0.0354. The van der Waals surface area contributed by atoms with Crippen molar-refractivity contribution in [3.63, 3.8) is 0 Å². The first-order valence-electron chi connectivity index (χ1n) is 9.32. The molecule has 2 aromatic rings. The van der Waals surface area contributed by atoms with Crippen LogP contribution >= 0.6 is 23.1 Å². The molecule has 1 heterocycles. The largest absolute Gasteiger partial charge is 0.390 e. The third-order valence-electron chi connectivity index (χ3n) is 4.28. The second kappa shape index (κ2) is 11.7. The maximum absolute atomic E-state index is 12.7. The van der Waals surface area contributed by atoms with E-state index in [1.807, 2.05) is 36.6 Å². The molecule has 3 unspecified atom stereocenters. The topological polar surface area (TPSA) is 129 Å². The molecule has 11 heteroatoms. The van der Waals surface area contributed by atoms with Crippen LogP contribution in [0.3, 0.4) is 0 Å². The zero-order valence-electron chi connectivity index (χ0n) is 16.8. The second-order valence-electron chi connectivity index (χ2n) is 6.87. The highest BCUT2D eigenvalue weighted by Crippen LogP contribution is 2.18. The van der Waals surface area contributed by atoms with Crippen molar-refractivity contribution in [1.82, 2.24) is 10.3 Å². The third-order valence-corrected chi connectivity index (χ3v) is 6.43. The zero-order valence-corrected chi connectivity index (χ0v) is 19.3. The molecule has 0 aliphatic heterocycles. The van der Waals surface area contributed by atoms with E-state index in [4.69, 9.17) is 0 Å². The zero-order chi connectivity index (χ0) is 22.1. The Bertz CT molecular complexity index is 905. The Balaban J connectivity index is 2.12. The summed E-state index contributed by atoms with van der Waals surface area (Å²) in [5.74, 6) is 0.318. The monoisotopic (exact) mass is 473 g/mol. The Kier molecular flexibility index (Phi) is 9.56. The molecule has 8 nitrogen and oxygen atoms in total. The standard InChI is InChI=1S/C19H27N3O5S3/c1-28-10-6-9-16(23)17(24)14(11-13-7-4-3-5-8-13)20-18(25)15-12-29-19(21-15)22-30(2,26)27/h3-5,7-8,12,14,16-17,23-24H,6,9-11H2,1-2H3,(H,20,25)(H,21,22). The summed E-state index contributed by atoms with van der Waals surface area (Å²) in [7, 11) is -3.50. The van der Waals surface area contributed by atoms with E-state index in [0.717, 1.165) is 35.3 Å². The fraction of sp³-hybridized carbons (Fsp3) is 0.474. The molecule has 0 saturated carbocycles. The highest BCUT2D eigenvalue weighted by Gasteiger charge is 2.28. The molecule has 4 N–H and O–H groups in total. The Labute approximate surface area is 185 Å². The summed E-state index contributed by atoms with van der Waals surface area (Å²) in [6, 6.07) is 8.61. The third kappa shape index (κ3) is 8.23. The van der Waals surface area contributed by atoms with E-state index < -0.39 is 34.2 Å². The first-order valence-corrected chi connectivity index (χ1v) is 13.5. The molecule has 1 aromatic carbocycles. The highest BCUT2D eigenvalue weighted by molar-refractivity contribution is 7.98. The normalized spacial score (nSPS) is 14.7. The van der Waals surface area contributed by atoms with Crippen LogP contribution in [0.15, 0.2) is 35.7 Å². The molecule has 3 atom stereocenters. The molecule has 0 aliphatic rings. The molecular formula is C19H27N3O5S3. The number of benzene rings is 1. The average molecular weight is 474 g/mol. The summed E-state index contributed by atoms with van der Waals surface area (Å²) in [6.07, 6.45) is 2.32. The van der Waals surface area contributed by atoms with Crippen LogP contribution in [0.5, 0.6) is 0 Å². The first kappa shape index (κ1) is 24.6. The van der Waals surface area contributed by atoms with Crippen molar-refractivity contribution in [2.45, 2.75) is 37.5 Å². The van der Waals surface area contributed by atoms with Gasteiger partial charge in [-0.05, 0) is 36.8 Å². The molecule has 0 radical (unpaired) electrons. The van der Waals surface area contributed by atoms with Gasteiger partial charge in [0.15, 0.2) is 5.13 Å². The number of aromatic nitrogens is 1. The lowest BCUT2D eigenvalue weighted by Gasteiger charge is -2.28. The predicted molar refractivity (Wildman–Crippen MR) is 122 cm³/mol. The van der Waals surface area contributed by atoms with Gasteiger partial charge in [0.05, 0.1) is 18.4 Å². The van der Waals surface area contributed by atoms with E-state index in [2.05, 4.69) is 15.0 Å². The van der Waals surface area contributed by atoms with Crippen LogP contribution in [-0.4, -0.2) is 66.0 Å². The molecule has 0 bridgehead atoms. The molecule has 1 amide bonds. The van der Waals surface area contributed by atoms with Crippen molar-refractivity contribution in [3.8, 4) is 0 Å². The summed E-state index contributed by atoms with van der Waals surface area (Å²) in [5, 5.41) is 25.4. The van der Waals surface area contributed by atoms with Crippen LogP contribution in [-0.2, 0) is 16.4 Å². The number of hydrogen-bond donors (Lipinski definition) is 4. The number of carbonyl (C=O) groups excluding carboxylic acids is 1. The van der Waals surface area contributed by atoms with Gasteiger partial charge in [0.1, 0.15) is 11.8 Å². The summed E-state index contributed by atoms with van der Waals surface area (Å²) in [5.41, 5.74) is 0.934. The number of hydrogen-bond acceptors (Lipinski definition) is 8. The van der Waals surface area contributed by atoms with Gasteiger partial charge in [-0.25, -0.2) is 13.4 Å². The van der Waals surface area contributed by atoms with Gasteiger partial charge >= 0.3 is 0 Å². The molecule has 0 spiro atoms. The van der Waals surface area contributed by atoms with Gasteiger partial charge in [0.2, 0.25) is 10.0 Å². The van der Waals surface area contributed by atoms with E-state index in [1.54, 1.807) is 11.8 Å². The van der Waals surface area contributed by atoms with Gasteiger partial charge in [0.25, 0.3) is 5.91 Å². The smallest absolute Gasteiger partial charge is 0.271 e. The summed E-state index contributed by atoms with van der Waals surface area (Å²) < 4.78 is 24.9. The van der Waals surface area contributed by atoms with Crippen LogP contribution in [0.2, 0.25) is 0 Å². The number of amides is 1. The van der Waals surface area contributed by atoms with Gasteiger partial charge in [-0.15, -0.1) is 11.3 Å². The van der Waals surface area contributed by atoms with Crippen molar-refractivity contribution >= 4 is 44.2 Å². The SMILES string of the molecule is CSCCCC(O)C(O)C(Cc1ccccc1)NC(=O)c1csc(NS(C)(=O)=O)n1. The molecule has 166 valence electrons. The van der Waals surface area contributed by atoms with Crippen molar-refractivity contribution in [2.24, 2.45) is 0 Å². The number of sulfonamides is 1. The van der Waals surface area contributed by atoms with Crippen LogP contribution in [0, 0.1) is 0 Å². The summed E-state index contributed by atoms with van der Waals surface area (Å²) in [4.78, 5) is 16.7. The molecule has 30 heavy (non-hydrogen) atoms. The molecule has 2 rings (SSSR count). The Morgan fingerprint density at radius 3 is 2.60 bits per heavy atom. The fourth-order valence-electron chi connectivity index (χ4n) is 2.83. The number of thioether (sulfide) groups is 1. The number of thiazole rings is 1. The fourth-order valence-corrected chi connectivity index (χ4v) is 4.83. The minimum Gasteiger partial charge on any atom is -0.390 e. The molecule has 0 fully saturated rings. The number of nitrogens with one attached hydrogen (secondary N) is 2. The number of carbonyl (C=O) groups is 1. The number of nitrogens with zero attached hydrogens (tertiary/aromatic N) is 1. The Morgan fingerprint density at radius 1 is 1.27 bits per heavy atom. The van der Waals surface area contributed by atoms with E-state index in [1.165, 1.54) is 5.38 Å². The highest BCUT2D eigenvalue weighted by atomic mass is 32.2. The number of aliphatic hydroxyl groups excluding tert-OH is 2. The van der Waals surface area contributed by atoms with Crippen molar-refractivity contribution in [1.29, 1.82) is 0 Å². The minimum atomic E-state index is -3.50. The van der Waals surface area contributed by atoms with Gasteiger partial charge in [0, 0.05) is 5.38 Å². The number of rotatable bonds is 12. The lowest BCUT2D eigenvalue weighted by molar-refractivity contribution is -0.00734. The van der Waals surface area contributed by atoms with Crippen molar-refractivity contribution in [2.75, 3.05) is 23.0 Å². The number of aliphatic hydroxyl groups is 2. The number of anilines is 1. The molecule has 0 saturated heterocycles. The van der Waals surface area contributed by atoms with Crippen molar-refractivity contribution < 1.29 is 23.4 Å². The van der Waals surface area contributed by atoms with Crippen LogP contribution in [0.25, 0.3) is 0 Å². The van der Waals surface area contributed by atoms with E-state index in [-0.39, 0.29) is 10.8 Å². The van der Waals surface area contributed by atoms with Crippen molar-refractivity contribution in [3.05, 3.63) is 47.0 Å². The van der Waals surface area contributed by atoms with Gasteiger partial charge in [-0.2, -0.15) is 11.8 Å². The summed E-state index contributed by atoms with van der Waals surface area (Å²) >= 11 is 2.65. The van der Waals surface area contributed by atoms with Crippen LogP contribution < -0.4 is 10.0 Å². The first-order chi connectivity index (χ1) is 14.2. The van der Waals surface area contributed by atoms with E-state index in [0.29, 0.717) is 12.8 Å². The van der Waals surface area contributed by atoms with Gasteiger partial charge in [-0.1, -0.05) is 30.3 Å². The second-order valence-corrected chi connectivity index (χ2v) is 10.5. The van der Waals surface area contributed by atoms with Gasteiger partial charge in [-0.3, -0.25) is 9.52 Å². The van der Waals surface area contributed by atoms with E-state index in [9.17, 15) is 23.4 Å². The van der Waals surface area contributed by atoms with Crippen LogP contribution in [0.4, 0.5) is 5.13 Å². The quantitative estimate of drug-likeness (QED) is 0.346. The Morgan fingerprint density at radius 2 is 1.97 bits per heavy atom. The average Bonchev–Trinajstić information content (AvgIpc) is 3.14. The Hall–Kier alpha value is -1.66.